The zero-order chi connectivity index (χ0) is 19.7. The van der Waals surface area contributed by atoms with Gasteiger partial charge in [-0.1, -0.05) is 6.07 Å². The van der Waals surface area contributed by atoms with E-state index in [2.05, 4.69) is 15.3 Å². The van der Waals surface area contributed by atoms with Crippen LogP contribution < -0.4 is 11.1 Å². The summed E-state index contributed by atoms with van der Waals surface area (Å²) in [6, 6.07) is 16.0. The third-order valence-corrected chi connectivity index (χ3v) is 4.29. The molecule has 0 radical (unpaired) electrons. The van der Waals surface area contributed by atoms with Crippen LogP contribution >= 0.6 is 0 Å². The maximum Gasteiger partial charge on any atom is 0.255 e. The number of rotatable bonds is 4. The SMILES string of the molecule is NC(=O)c1cccc(C(=O)Nc2cnc3[nH]c(-c4ccc(F)cc4)cc3c2)c1. The Morgan fingerprint density at radius 1 is 1.00 bits per heavy atom. The first-order valence-corrected chi connectivity index (χ1v) is 8.45. The van der Waals surface area contributed by atoms with E-state index in [9.17, 15) is 14.0 Å². The number of benzene rings is 2. The Morgan fingerprint density at radius 2 is 1.75 bits per heavy atom. The number of fused-ring (bicyclic) bond motifs is 1. The van der Waals surface area contributed by atoms with Crippen LogP contribution in [0.5, 0.6) is 0 Å². The average molecular weight is 374 g/mol. The molecule has 0 saturated heterocycles. The van der Waals surface area contributed by atoms with Crippen molar-refractivity contribution < 1.29 is 14.0 Å². The lowest BCUT2D eigenvalue weighted by Gasteiger charge is -2.06. The molecule has 0 aliphatic heterocycles. The number of nitrogens with two attached hydrogens (primary N) is 1. The summed E-state index contributed by atoms with van der Waals surface area (Å²) in [7, 11) is 0. The second-order valence-electron chi connectivity index (χ2n) is 6.25. The fourth-order valence-corrected chi connectivity index (χ4v) is 2.89. The summed E-state index contributed by atoms with van der Waals surface area (Å²) < 4.78 is 13.1. The number of primary amides is 1. The molecule has 6 nitrogen and oxygen atoms in total. The second kappa shape index (κ2) is 6.96. The zero-order valence-corrected chi connectivity index (χ0v) is 14.6. The molecule has 0 saturated carbocycles. The van der Waals surface area contributed by atoms with Crippen LogP contribution in [-0.4, -0.2) is 21.8 Å². The fourth-order valence-electron chi connectivity index (χ4n) is 2.89. The number of H-pyrrole nitrogens is 1. The highest BCUT2D eigenvalue weighted by Crippen LogP contribution is 2.25. The molecule has 0 aliphatic carbocycles. The molecule has 0 aliphatic rings. The van der Waals surface area contributed by atoms with Gasteiger partial charge in [0.2, 0.25) is 5.91 Å². The van der Waals surface area contributed by atoms with Crippen LogP contribution in [0.25, 0.3) is 22.3 Å². The van der Waals surface area contributed by atoms with Gasteiger partial charge >= 0.3 is 0 Å². The summed E-state index contributed by atoms with van der Waals surface area (Å²) in [6.07, 6.45) is 1.53. The van der Waals surface area contributed by atoms with E-state index >= 15 is 0 Å². The van der Waals surface area contributed by atoms with Crippen molar-refractivity contribution in [3.8, 4) is 11.3 Å². The first-order valence-electron chi connectivity index (χ1n) is 8.45. The van der Waals surface area contributed by atoms with Gasteiger partial charge in [-0.05, 0) is 60.2 Å². The molecule has 0 unspecified atom stereocenters. The van der Waals surface area contributed by atoms with Gasteiger partial charge in [-0.15, -0.1) is 0 Å². The van der Waals surface area contributed by atoms with E-state index < -0.39 is 5.91 Å². The number of halogens is 1. The lowest BCUT2D eigenvalue weighted by atomic mass is 10.1. The van der Waals surface area contributed by atoms with E-state index in [1.807, 2.05) is 6.07 Å². The Kier molecular flexibility index (Phi) is 4.33. The van der Waals surface area contributed by atoms with Crippen molar-refractivity contribution >= 4 is 28.5 Å². The van der Waals surface area contributed by atoms with E-state index in [0.29, 0.717) is 16.9 Å². The van der Waals surface area contributed by atoms with Crippen molar-refractivity contribution in [3.63, 3.8) is 0 Å². The first-order chi connectivity index (χ1) is 13.5. The lowest BCUT2D eigenvalue weighted by Crippen LogP contribution is -2.15. The van der Waals surface area contributed by atoms with E-state index in [4.69, 9.17) is 5.73 Å². The molecule has 138 valence electrons. The zero-order valence-electron chi connectivity index (χ0n) is 14.6. The molecule has 0 atom stereocenters. The maximum absolute atomic E-state index is 13.1. The Morgan fingerprint density at radius 3 is 2.50 bits per heavy atom. The number of nitrogens with zero attached hydrogens (tertiary/aromatic N) is 1. The largest absolute Gasteiger partial charge is 0.366 e. The van der Waals surface area contributed by atoms with Gasteiger partial charge in [-0.25, -0.2) is 9.37 Å². The van der Waals surface area contributed by atoms with Gasteiger partial charge in [0.1, 0.15) is 11.5 Å². The minimum Gasteiger partial charge on any atom is -0.366 e. The summed E-state index contributed by atoms with van der Waals surface area (Å²) in [5.41, 5.74) is 8.60. The first kappa shape index (κ1) is 17.4. The number of aromatic nitrogens is 2. The Hall–Kier alpha value is -4.00. The number of hydrogen-bond donors (Lipinski definition) is 3. The second-order valence-corrected chi connectivity index (χ2v) is 6.25. The smallest absolute Gasteiger partial charge is 0.255 e. The topological polar surface area (TPSA) is 101 Å². The van der Waals surface area contributed by atoms with Crippen molar-refractivity contribution in [2.45, 2.75) is 0 Å². The van der Waals surface area contributed by atoms with Crippen molar-refractivity contribution in [1.82, 2.24) is 9.97 Å². The molecule has 4 rings (SSSR count). The van der Waals surface area contributed by atoms with Gasteiger partial charge in [-0.3, -0.25) is 9.59 Å². The number of carbonyl (C=O) groups is 2. The summed E-state index contributed by atoms with van der Waals surface area (Å²) >= 11 is 0. The Bertz CT molecular complexity index is 1200. The van der Waals surface area contributed by atoms with Crippen LogP contribution in [0.15, 0.2) is 66.9 Å². The van der Waals surface area contributed by atoms with E-state index in [1.54, 1.807) is 36.4 Å². The van der Waals surface area contributed by atoms with Crippen molar-refractivity contribution in [2.24, 2.45) is 5.73 Å². The van der Waals surface area contributed by atoms with Gasteiger partial charge in [0.15, 0.2) is 0 Å². The van der Waals surface area contributed by atoms with Crippen LogP contribution in [0, 0.1) is 5.82 Å². The molecule has 2 aromatic heterocycles. The summed E-state index contributed by atoms with van der Waals surface area (Å²) in [5, 5.41) is 3.55. The maximum atomic E-state index is 13.1. The van der Waals surface area contributed by atoms with Gasteiger partial charge in [0, 0.05) is 22.2 Å². The number of anilines is 1. The highest BCUT2D eigenvalue weighted by Gasteiger charge is 2.11. The van der Waals surface area contributed by atoms with E-state index in [1.165, 1.54) is 24.4 Å². The monoisotopic (exact) mass is 374 g/mol. The summed E-state index contributed by atoms with van der Waals surface area (Å²) in [6.45, 7) is 0. The van der Waals surface area contributed by atoms with Gasteiger partial charge in [0.25, 0.3) is 5.91 Å². The van der Waals surface area contributed by atoms with Crippen molar-refractivity contribution in [2.75, 3.05) is 5.32 Å². The van der Waals surface area contributed by atoms with Crippen LogP contribution in [0.1, 0.15) is 20.7 Å². The summed E-state index contributed by atoms with van der Waals surface area (Å²) in [4.78, 5) is 31.2. The highest BCUT2D eigenvalue weighted by molar-refractivity contribution is 6.06. The predicted molar refractivity (Wildman–Crippen MR) is 104 cm³/mol. The third kappa shape index (κ3) is 3.45. The molecule has 4 aromatic rings. The minimum atomic E-state index is -0.599. The fraction of sp³-hybridized carbons (Fsp3) is 0. The molecule has 2 heterocycles. The van der Waals surface area contributed by atoms with Crippen LogP contribution in [-0.2, 0) is 0 Å². The van der Waals surface area contributed by atoms with Gasteiger partial charge in [0.05, 0.1) is 11.9 Å². The number of aromatic amines is 1. The summed E-state index contributed by atoms with van der Waals surface area (Å²) in [5.74, 6) is -1.28. The molecule has 28 heavy (non-hydrogen) atoms. The van der Waals surface area contributed by atoms with E-state index in [0.717, 1.165) is 16.6 Å². The average Bonchev–Trinajstić information content (AvgIpc) is 3.12. The molecule has 2 amide bonds. The van der Waals surface area contributed by atoms with Crippen LogP contribution in [0.3, 0.4) is 0 Å². The van der Waals surface area contributed by atoms with Crippen LogP contribution in [0.2, 0.25) is 0 Å². The van der Waals surface area contributed by atoms with Crippen molar-refractivity contribution in [1.29, 1.82) is 0 Å². The molecule has 4 N–H and O–H groups in total. The lowest BCUT2D eigenvalue weighted by molar-refractivity contribution is 0.1000. The third-order valence-electron chi connectivity index (χ3n) is 4.29. The number of nitrogens with one attached hydrogen (secondary N) is 2. The van der Waals surface area contributed by atoms with Gasteiger partial charge in [-0.2, -0.15) is 0 Å². The minimum absolute atomic E-state index is 0.260. The number of hydrogen-bond acceptors (Lipinski definition) is 3. The molecule has 0 fully saturated rings. The molecular weight excluding hydrogens is 359 g/mol. The van der Waals surface area contributed by atoms with Crippen LogP contribution in [0.4, 0.5) is 10.1 Å². The Labute approximate surface area is 159 Å². The standard InChI is InChI=1S/C21H15FN4O2/c22-16-6-4-12(5-7-16)18-10-15-9-17(11-24-20(15)26-18)25-21(28)14-3-1-2-13(8-14)19(23)27/h1-11H,(H2,23,27)(H,24,26)(H,25,28). The molecule has 2 aromatic carbocycles. The Balaban J connectivity index is 1.59. The van der Waals surface area contributed by atoms with E-state index in [-0.39, 0.29) is 17.3 Å². The van der Waals surface area contributed by atoms with Crippen molar-refractivity contribution in [3.05, 3.63) is 83.8 Å². The molecule has 7 heteroatoms. The molecule has 0 bridgehead atoms. The normalized spacial score (nSPS) is 10.8. The molecular formula is C21H15FN4O2. The highest BCUT2D eigenvalue weighted by atomic mass is 19.1. The quantitative estimate of drug-likeness (QED) is 0.507. The number of amides is 2. The van der Waals surface area contributed by atoms with Gasteiger partial charge < -0.3 is 16.0 Å². The predicted octanol–water partition coefficient (Wildman–Crippen LogP) is 3.72. The molecule has 0 spiro atoms. The number of carbonyl (C=O) groups excluding carboxylic acids is 2. The number of pyridine rings is 1.